The Balaban J connectivity index is 1.47. The Morgan fingerprint density at radius 2 is 2.35 bits per heavy atom. The number of hydrogen-bond acceptors (Lipinski definition) is 5. The lowest BCUT2D eigenvalue weighted by molar-refractivity contribution is 0.0935. The van der Waals surface area contributed by atoms with Gasteiger partial charge in [-0.05, 0) is 31.4 Å². The van der Waals surface area contributed by atoms with Crippen LogP contribution in [0.4, 0.5) is 0 Å². The molecule has 23 heavy (non-hydrogen) atoms. The van der Waals surface area contributed by atoms with Crippen molar-refractivity contribution in [2.75, 3.05) is 7.11 Å². The standard InChI is InChI=1S/C17H19N3O2S/c1-22-12-4-2-3-10(7-12)17-18-9-15(23-17)16(21)20-14-8-11-5-6-13(14)19-11/h2-4,7,9,11,13-14,19H,5-6,8H2,1H3,(H,20,21)/t11-,13+,14?/m1/s1. The summed E-state index contributed by atoms with van der Waals surface area (Å²) < 4.78 is 5.24. The number of carbonyl (C=O) groups is 1. The van der Waals surface area contributed by atoms with Crippen molar-refractivity contribution in [3.05, 3.63) is 35.3 Å². The quantitative estimate of drug-likeness (QED) is 0.904. The molecule has 2 aliphatic heterocycles. The zero-order chi connectivity index (χ0) is 15.8. The van der Waals surface area contributed by atoms with Crippen molar-refractivity contribution in [1.82, 2.24) is 15.6 Å². The highest BCUT2D eigenvalue weighted by Gasteiger charge is 2.39. The van der Waals surface area contributed by atoms with Gasteiger partial charge in [0.2, 0.25) is 0 Å². The maximum absolute atomic E-state index is 12.5. The highest BCUT2D eigenvalue weighted by molar-refractivity contribution is 7.16. The SMILES string of the molecule is COc1cccc(-c2ncc(C(=O)NC3C[C@H]4CC[C@@H]3N4)s2)c1. The van der Waals surface area contributed by atoms with Crippen LogP contribution < -0.4 is 15.4 Å². The van der Waals surface area contributed by atoms with Crippen LogP contribution in [0.15, 0.2) is 30.5 Å². The summed E-state index contributed by atoms with van der Waals surface area (Å²) in [7, 11) is 1.64. The van der Waals surface area contributed by atoms with Gasteiger partial charge in [0.25, 0.3) is 5.91 Å². The second-order valence-electron chi connectivity index (χ2n) is 6.12. The molecular formula is C17H19N3O2S. The molecule has 1 amide bonds. The van der Waals surface area contributed by atoms with E-state index in [1.807, 2.05) is 24.3 Å². The average molecular weight is 329 g/mol. The number of aromatic nitrogens is 1. The van der Waals surface area contributed by atoms with Gasteiger partial charge in [0.1, 0.15) is 15.6 Å². The van der Waals surface area contributed by atoms with Gasteiger partial charge in [-0.25, -0.2) is 4.98 Å². The van der Waals surface area contributed by atoms with E-state index < -0.39 is 0 Å². The molecule has 2 aliphatic rings. The van der Waals surface area contributed by atoms with E-state index in [4.69, 9.17) is 4.74 Å². The number of hydrogen-bond donors (Lipinski definition) is 2. The minimum atomic E-state index is -0.0176. The summed E-state index contributed by atoms with van der Waals surface area (Å²) >= 11 is 1.42. The van der Waals surface area contributed by atoms with Crippen LogP contribution in [0.25, 0.3) is 10.6 Å². The number of amides is 1. The first kappa shape index (κ1) is 14.7. The van der Waals surface area contributed by atoms with E-state index in [1.54, 1.807) is 13.3 Å². The molecule has 0 radical (unpaired) electrons. The molecule has 2 fully saturated rings. The number of methoxy groups -OCH3 is 1. The maximum atomic E-state index is 12.5. The van der Waals surface area contributed by atoms with Crippen LogP contribution in [-0.2, 0) is 0 Å². The van der Waals surface area contributed by atoms with Gasteiger partial charge in [-0.1, -0.05) is 12.1 Å². The van der Waals surface area contributed by atoms with Crippen LogP contribution in [0, 0.1) is 0 Å². The van der Waals surface area contributed by atoms with Gasteiger partial charge in [0, 0.05) is 23.7 Å². The monoisotopic (exact) mass is 329 g/mol. The number of nitrogens with zero attached hydrogens (tertiary/aromatic N) is 1. The molecule has 2 aromatic rings. The normalized spacial score (nSPS) is 25.5. The zero-order valence-electron chi connectivity index (χ0n) is 12.9. The molecule has 3 atom stereocenters. The van der Waals surface area contributed by atoms with Gasteiger partial charge in [0.15, 0.2) is 0 Å². The smallest absolute Gasteiger partial charge is 0.263 e. The first-order valence-electron chi connectivity index (χ1n) is 7.90. The van der Waals surface area contributed by atoms with E-state index >= 15 is 0 Å². The van der Waals surface area contributed by atoms with E-state index in [2.05, 4.69) is 15.6 Å². The summed E-state index contributed by atoms with van der Waals surface area (Å²) in [6, 6.07) is 9.00. The molecule has 2 N–H and O–H groups in total. The van der Waals surface area contributed by atoms with Crippen LogP contribution in [-0.4, -0.2) is 36.1 Å². The van der Waals surface area contributed by atoms with Crippen molar-refractivity contribution in [3.63, 3.8) is 0 Å². The topological polar surface area (TPSA) is 63.2 Å². The van der Waals surface area contributed by atoms with Gasteiger partial charge in [-0.3, -0.25) is 4.79 Å². The zero-order valence-corrected chi connectivity index (χ0v) is 13.7. The molecule has 4 rings (SSSR count). The molecule has 0 saturated carbocycles. The second kappa shape index (κ2) is 5.94. The first-order valence-corrected chi connectivity index (χ1v) is 8.72. The number of ether oxygens (including phenoxy) is 1. The van der Waals surface area contributed by atoms with Gasteiger partial charge in [-0.2, -0.15) is 0 Å². The summed E-state index contributed by atoms with van der Waals surface area (Å²) in [5.74, 6) is 0.771. The van der Waals surface area contributed by atoms with Crippen molar-refractivity contribution in [3.8, 4) is 16.3 Å². The molecule has 120 valence electrons. The number of thiazole rings is 1. The molecule has 0 spiro atoms. The Kier molecular flexibility index (Phi) is 3.79. The average Bonchev–Trinajstić information content (AvgIpc) is 3.31. The van der Waals surface area contributed by atoms with Crippen molar-refractivity contribution < 1.29 is 9.53 Å². The third-order valence-electron chi connectivity index (χ3n) is 4.66. The fourth-order valence-corrected chi connectivity index (χ4v) is 4.31. The van der Waals surface area contributed by atoms with Crippen LogP contribution >= 0.6 is 11.3 Å². The van der Waals surface area contributed by atoms with Gasteiger partial charge >= 0.3 is 0 Å². The summed E-state index contributed by atoms with van der Waals surface area (Å²) in [5, 5.41) is 7.53. The third kappa shape index (κ3) is 2.84. The van der Waals surface area contributed by atoms with Crippen LogP contribution in [0.1, 0.15) is 28.9 Å². The molecule has 2 saturated heterocycles. The fraction of sp³-hybridized carbons (Fsp3) is 0.412. The molecule has 1 aromatic heterocycles. The van der Waals surface area contributed by atoms with Gasteiger partial charge in [0.05, 0.1) is 13.3 Å². The van der Waals surface area contributed by atoms with E-state index in [0.29, 0.717) is 17.0 Å². The number of carbonyl (C=O) groups excluding carboxylic acids is 1. The highest BCUT2D eigenvalue weighted by atomic mass is 32.1. The Hall–Kier alpha value is -1.92. The fourth-order valence-electron chi connectivity index (χ4n) is 3.49. The Morgan fingerprint density at radius 3 is 3.09 bits per heavy atom. The van der Waals surface area contributed by atoms with Crippen LogP contribution in [0.3, 0.4) is 0 Å². The second-order valence-corrected chi connectivity index (χ2v) is 7.16. The number of fused-ring (bicyclic) bond motifs is 2. The molecule has 2 bridgehead atoms. The van der Waals surface area contributed by atoms with Gasteiger partial charge < -0.3 is 15.4 Å². The Morgan fingerprint density at radius 1 is 1.43 bits per heavy atom. The van der Waals surface area contributed by atoms with Crippen molar-refractivity contribution in [1.29, 1.82) is 0 Å². The van der Waals surface area contributed by atoms with Crippen LogP contribution in [0.2, 0.25) is 0 Å². The molecule has 6 heteroatoms. The van der Waals surface area contributed by atoms with Crippen LogP contribution in [0.5, 0.6) is 5.75 Å². The van der Waals surface area contributed by atoms with E-state index in [9.17, 15) is 4.79 Å². The molecule has 5 nitrogen and oxygen atoms in total. The molecular weight excluding hydrogens is 310 g/mol. The van der Waals surface area contributed by atoms with E-state index in [-0.39, 0.29) is 11.9 Å². The predicted molar refractivity (Wildman–Crippen MR) is 89.9 cm³/mol. The van der Waals surface area contributed by atoms with E-state index in [0.717, 1.165) is 29.2 Å². The molecule has 3 heterocycles. The molecule has 1 unspecified atom stereocenters. The van der Waals surface area contributed by atoms with Crippen molar-refractivity contribution >= 4 is 17.2 Å². The minimum absolute atomic E-state index is 0.0176. The Bertz CT molecular complexity index is 730. The van der Waals surface area contributed by atoms with Crippen molar-refractivity contribution in [2.24, 2.45) is 0 Å². The third-order valence-corrected chi connectivity index (χ3v) is 5.71. The predicted octanol–water partition coefficient (Wildman–Crippen LogP) is 2.44. The molecule has 1 aromatic carbocycles. The van der Waals surface area contributed by atoms with Gasteiger partial charge in [-0.15, -0.1) is 11.3 Å². The maximum Gasteiger partial charge on any atom is 0.263 e. The first-order chi connectivity index (χ1) is 11.2. The number of nitrogens with one attached hydrogen (secondary N) is 2. The molecule has 0 aliphatic carbocycles. The lowest BCUT2D eigenvalue weighted by Crippen LogP contribution is -2.42. The summed E-state index contributed by atoms with van der Waals surface area (Å²) in [6.45, 7) is 0. The Labute approximate surface area is 139 Å². The minimum Gasteiger partial charge on any atom is -0.497 e. The summed E-state index contributed by atoms with van der Waals surface area (Å²) in [6.07, 6.45) is 5.10. The number of benzene rings is 1. The lowest BCUT2D eigenvalue weighted by Gasteiger charge is -2.20. The highest BCUT2D eigenvalue weighted by Crippen LogP contribution is 2.30. The largest absolute Gasteiger partial charge is 0.497 e. The van der Waals surface area contributed by atoms with Crippen molar-refractivity contribution in [2.45, 2.75) is 37.4 Å². The lowest BCUT2D eigenvalue weighted by atomic mass is 9.95. The summed E-state index contributed by atoms with van der Waals surface area (Å²) in [4.78, 5) is 17.5. The van der Waals surface area contributed by atoms with E-state index in [1.165, 1.54) is 17.8 Å². The number of rotatable bonds is 4. The summed E-state index contributed by atoms with van der Waals surface area (Å²) in [5.41, 5.74) is 0.968.